The molecular formula is C10H8FN3O2. The highest BCUT2D eigenvalue weighted by molar-refractivity contribution is 5.86. The van der Waals surface area contributed by atoms with E-state index in [9.17, 15) is 14.0 Å². The van der Waals surface area contributed by atoms with Crippen LogP contribution in [0.2, 0.25) is 0 Å². The maximum Gasteiger partial charge on any atom is 0.253 e. The number of anilines is 1. The summed E-state index contributed by atoms with van der Waals surface area (Å²) in [5.41, 5.74) is 5.83. The number of nitrogens with zero attached hydrogens (tertiary/aromatic N) is 2. The van der Waals surface area contributed by atoms with Crippen molar-refractivity contribution in [2.45, 2.75) is 6.54 Å². The summed E-state index contributed by atoms with van der Waals surface area (Å²) in [6.07, 6.45) is 1.57. The number of pyridine rings is 2. The van der Waals surface area contributed by atoms with Crippen molar-refractivity contribution in [1.29, 1.82) is 0 Å². The van der Waals surface area contributed by atoms with E-state index in [1.165, 1.54) is 0 Å². The molecule has 82 valence electrons. The lowest BCUT2D eigenvalue weighted by atomic mass is 10.2. The van der Waals surface area contributed by atoms with Gasteiger partial charge in [-0.05, 0) is 0 Å². The van der Waals surface area contributed by atoms with E-state index in [0.29, 0.717) is 11.8 Å². The molecule has 0 amide bonds. The molecule has 0 bridgehead atoms. The van der Waals surface area contributed by atoms with E-state index in [1.54, 1.807) is 0 Å². The number of nitrogens with two attached hydrogens (primary N) is 1. The molecular weight excluding hydrogens is 213 g/mol. The fraction of sp³-hybridized carbons (Fsp3) is 0.100. The van der Waals surface area contributed by atoms with Crippen LogP contribution in [0.1, 0.15) is 0 Å². The van der Waals surface area contributed by atoms with Gasteiger partial charge in [-0.1, -0.05) is 0 Å². The van der Waals surface area contributed by atoms with E-state index < -0.39 is 11.4 Å². The highest BCUT2D eigenvalue weighted by atomic mass is 19.1. The van der Waals surface area contributed by atoms with Gasteiger partial charge >= 0.3 is 0 Å². The number of halogens is 1. The van der Waals surface area contributed by atoms with Crippen LogP contribution >= 0.6 is 0 Å². The van der Waals surface area contributed by atoms with Gasteiger partial charge in [-0.2, -0.15) is 0 Å². The van der Waals surface area contributed by atoms with E-state index in [-0.39, 0.29) is 17.7 Å². The summed E-state index contributed by atoms with van der Waals surface area (Å²) >= 11 is 0. The van der Waals surface area contributed by atoms with E-state index in [1.807, 2.05) is 0 Å². The predicted octanol–water partition coefficient (Wildman–Crippen LogP) is 0.317. The van der Waals surface area contributed by atoms with Crippen molar-refractivity contribution < 1.29 is 9.18 Å². The van der Waals surface area contributed by atoms with Crippen LogP contribution < -0.4 is 11.3 Å². The molecule has 0 saturated heterocycles. The number of hydrogen-bond donors (Lipinski definition) is 1. The third kappa shape index (κ3) is 1.54. The van der Waals surface area contributed by atoms with Crippen LogP contribution in [0.4, 0.5) is 10.1 Å². The molecule has 0 aliphatic heterocycles. The van der Waals surface area contributed by atoms with Crippen LogP contribution in [0.15, 0.2) is 23.1 Å². The van der Waals surface area contributed by atoms with Gasteiger partial charge in [0.05, 0.1) is 23.9 Å². The smallest absolute Gasteiger partial charge is 0.253 e. The highest BCUT2D eigenvalue weighted by Gasteiger charge is 2.08. The molecule has 0 atom stereocenters. The van der Waals surface area contributed by atoms with Crippen molar-refractivity contribution in [1.82, 2.24) is 9.55 Å². The topological polar surface area (TPSA) is 78.0 Å². The van der Waals surface area contributed by atoms with Gasteiger partial charge in [-0.3, -0.25) is 9.36 Å². The van der Waals surface area contributed by atoms with E-state index >= 15 is 0 Å². The Bertz CT molecular complexity index is 621. The molecule has 2 aromatic rings. The molecule has 0 spiro atoms. The molecule has 5 nitrogen and oxygen atoms in total. The molecule has 2 aromatic heterocycles. The highest BCUT2D eigenvalue weighted by Crippen LogP contribution is 2.16. The summed E-state index contributed by atoms with van der Waals surface area (Å²) in [5.74, 6) is -0.586. The van der Waals surface area contributed by atoms with Crippen molar-refractivity contribution >= 4 is 23.0 Å². The number of carbonyl (C=O) groups excluding carboxylic acids is 1. The molecule has 0 saturated carbocycles. The van der Waals surface area contributed by atoms with Crippen LogP contribution in [0.25, 0.3) is 11.0 Å². The summed E-state index contributed by atoms with van der Waals surface area (Å²) in [4.78, 5) is 25.8. The van der Waals surface area contributed by atoms with Gasteiger partial charge in [0.1, 0.15) is 17.6 Å². The second kappa shape index (κ2) is 3.73. The van der Waals surface area contributed by atoms with Crippen LogP contribution in [0, 0.1) is 5.82 Å². The average molecular weight is 221 g/mol. The first-order chi connectivity index (χ1) is 7.63. The molecule has 0 radical (unpaired) electrons. The maximum absolute atomic E-state index is 13.0. The Kier molecular flexibility index (Phi) is 2.40. The Morgan fingerprint density at radius 2 is 2.25 bits per heavy atom. The van der Waals surface area contributed by atoms with Crippen molar-refractivity contribution in [2.24, 2.45) is 0 Å². The summed E-state index contributed by atoms with van der Waals surface area (Å²) in [6, 6.07) is 2.29. The minimum atomic E-state index is -0.586. The second-order valence-electron chi connectivity index (χ2n) is 3.24. The van der Waals surface area contributed by atoms with Crippen LogP contribution in [-0.2, 0) is 11.3 Å². The fourth-order valence-electron chi connectivity index (χ4n) is 1.52. The van der Waals surface area contributed by atoms with Crippen LogP contribution in [0.3, 0.4) is 0 Å². The maximum atomic E-state index is 13.0. The van der Waals surface area contributed by atoms with Crippen molar-refractivity contribution in [2.75, 3.05) is 5.73 Å². The summed E-state index contributed by atoms with van der Waals surface area (Å²) in [6.45, 7) is -0.152. The molecule has 0 aliphatic rings. The Labute approximate surface area is 89.3 Å². The number of hydrogen-bond acceptors (Lipinski definition) is 4. The number of aromatic nitrogens is 2. The molecule has 2 heterocycles. The molecule has 0 unspecified atom stereocenters. The first kappa shape index (κ1) is 10.3. The predicted molar refractivity (Wildman–Crippen MR) is 56.4 cm³/mol. The Morgan fingerprint density at radius 1 is 1.50 bits per heavy atom. The summed E-state index contributed by atoms with van der Waals surface area (Å²) < 4.78 is 14.1. The van der Waals surface area contributed by atoms with Gasteiger partial charge in [-0.15, -0.1) is 0 Å². The van der Waals surface area contributed by atoms with E-state index in [0.717, 1.165) is 22.9 Å². The van der Waals surface area contributed by atoms with E-state index in [4.69, 9.17) is 5.73 Å². The number of fused-ring (bicyclic) bond motifs is 1. The second-order valence-corrected chi connectivity index (χ2v) is 3.24. The van der Waals surface area contributed by atoms with Crippen LogP contribution in [-0.4, -0.2) is 15.8 Å². The molecule has 0 fully saturated rings. The number of nitrogen functional groups attached to an aromatic ring is 1. The van der Waals surface area contributed by atoms with E-state index in [2.05, 4.69) is 4.98 Å². The van der Waals surface area contributed by atoms with Crippen molar-refractivity contribution in [3.05, 3.63) is 34.5 Å². The lowest BCUT2D eigenvalue weighted by Gasteiger charge is -2.07. The largest absolute Gasteiger partial charge is 0.397 e. The molecule has 0 aliphatic carbocycles. The molecule has 2 rings (SSSR count). The first-order valence-corrected chi connectivity index (χ1v) is 4.51. The minimum absolute atomic E-state index is 0.152. The Hall–Kier alpha value is -2.24. The molecule has 2 N–H and O–H groups in total. The zero-order chi connectivity index (χ0) is 11.7. The first-order valence-electron chi connectivity index (χ1n) is 4.51. The molecule has 16 heavy (non-hydrogen) atoms. The van der Waals surface area contributed by atoms with Crippen LogP contribution in [0.5, 0.6) is 0 Å². The third-order valence-corrected chi connectivity index (χ3v) is 2.20. The summed E-state index contributed by atoms with van der Waals surface area (Å²) in [7, 11) is 0. The van der Waals surface area contributed by atoms with Gasteiger partial charge in [0.2, 0.25) is 0 Å². The zero-order valence-corrected chi connectivity index (χ0v) is 8.18. The average Bonchev–Trinajstić information content (AvgIpc) is 2.23. The van der Waals surface area contributed by atoms with Crippen molar-refractivity contribution in [3.63, 3.8) is 0 Å². The normalized spacial score (nSPS) is 10.6. The quantitative estimate of drug-likeness (QED) is 0.740. The number of carbonyl (C=O) groups is 1. The molecule has 0 aromatic carbocycles. The van der Waals surface area contributed by atoms with Gasteiger partial charge in [0, 0.05) is 12.1 Å². The zero-order valence-electron chi connectivity index (χ0n) is 8.18. The van der Waals surface area contributed by atoms with Crippen molar-refractivity contribution in [3.8, 4) is 0 Å². The van der Waals surface area contributed by atoms with Gasteiger partial charge in [0.25, 0.3) is 5.56 Å². The SMILES string of the molecule is Nc1cc(=O)n(CC=O)c2cc(F)cnc12. The standard InChI is InChI=1S/C10H8FN3O2/c11-6-3-8-10(13-5-6)7(12)4-9(16)14(8)1-2-15/h2-5H,1,12H2. The van der Waals surface area contributed by atoms with Gasteiger partial charge < -0.3 is 10.5 Å². The fourth-order valence-corrected chi connectivity index (χ4v) is 1.52. The third-order valence-electron chi connectivity index (χ3n) is 2.20. The number of aldehydes is 1. The summed E-state index contributed by atoms with van der Waals surface area (Å²) in [5, 5.41) is 0. The Balaban J connectivity index is 2.91. The lowest BCUT2D eigenvalue weighted by molar-refractivity contribution is -0.108. The Morgan fingerprint density at radius 3 is 2.94 bits per heavy atom. The minimum Gasteiger partial charge on any atom is -0.397 e. The lowest BCUT2D eigenvalue weighted by Crippen LogP contribution is -2.21. The van der Waals surface area contributed by atoms with Gasteiger partial charge in [0.15, 0.2) is 0 Å². The van der Waals surface area contributed by atoms with Gasteiger partial charge in [-0.25, -0.2) is 9.37 Å². The molecule has 6 heteroatoms. The monoisotopic (exact) mass is 221 g/mol. The number of rotatable bonds is 2.